The van der Waals surface area contributed by atoms with Gasteiger partial charge in [-0.15, -0.1) is 0 Å². The maximum absolute atomic E-state index is 12.2. The van der Waals surface area contributed by atoms with Crippen LogP contribution in [0.5, 0.6) is 0 Å². The fourth-order valence-electron chi connectivity index (χ4n) is 3.01. The number of carbonyl (C=O) groups excluding carboxylic acids is 2. The molecule has 0 fully saturated rings. The summed E-state index contributed by atoms with van der Waals surface area (Å²) in [7, 11) is 1.32. The quantitative estimate of drug-likeness (QED) is 0.397. The van der Waals surface area contributed by atoms with Crippen LogP contribution in [0.15, 0.2) is 11.6 Å². The number of unbranched alkanes of at least 4 members (excludes halogenated alkanes) is 1. The van der Waals surface area contributed by atoms with E-state index in [2.05, 4.69) is 18.6 Å². The fourth-order valence-corrected chi connectivity index (χ4v) is 3.01. The van der Waals surface area contributed by atoms with Crippen molar-refractivity contribution in [2.45, 2.75) is 85.2 Å². The number of hydrogen-bond donors (Lipinski definition) is 1. The molecule has 0 aliphatic carbocycles. The lowest BCUT2D eigenvalue weighted by Crippen LogP contribution is -2.24. The van der Waals surface area contributed by atoms with Crippen molar-refractivity contribution in [2.75, 3.05) is 7.11 Å². The minimum Gasteiger partial charge on any atom is -0.469 e. The van der Waals surface area contributed by atoms with Gasteiger partial charge in [-0.05, 0) is 31.3 Å². The van der Waals surface area contributed by atoms with Gasteiger partial charge in [0.05, 0.1) is 19.6 Å². The van der Waals surface area contributed by atoms with Gasteiger partial charge in [0.25, 0.3) is 0 Å². The minimum absolute atomic E-state index is 0.00512. The molecule has 0 spiro atoms. The highest BCUT2D eigenvalue weighted by Gasteiger charge is 2.21. The predicted octanol–water partition coefficient (Wildman–Crippen LogP) is 4.45. The van der Waals surface area contributed by atoms with E-state index in [1.54, 1.807) is 6.08 Å². The zero-order valence-corrected chi connectivity index (χ0v) is 16.1. The first-order chi connectivity index (χ1) is 11.4. The molecule has 0 aromatic carbocycles. The van der Waals surface area contributed by atoms with Crippen LogP contribution >= 0.6 is 0 Å². The maximum Gasteiger partial charge on any atom is 0.308 e. The van der Waals surface area contributed by atoms with Crippen molar-refractivity contribution in [3.05, 3.63) is 11.6 Å². The second-order valence-electron chi connectivity index (χ2n) is 6.80. The molecule has 0 rings (SSSR count). The number of ether oxygens (including phenoxy) is 1. The number of rotatable bonds is 13. The predicted molar refractivity (Wildman–Crippen MR) is 97.7 cm³/mol. The zero-order chi connectivity index (χ0) is 18.5. The summed E-state index contributed by atoms with van der Waals surface area (Å²) in [5.41, 5.74) is 0.973. The summed E-state index contributed by atoms with van der Waals surface area (Å²) < 4.78 is 4.61. The third-order valence-electron chi connectivity index (χ3n) is 4.70. The Morgan fingerprint density at radius 2 is 1.75 bits per heavy atom. The van der Waals surface area contributed by atoms with Gasteiger partial charge in [0.1, 0.15) is 0 Å². The van der Waals surface area contributed by atoms with Crippen molar-refractivity contribution in [3.8, 4) is 0 Å². The summed E-state index contributed by atoms with van der Waals surface area (Å²) in [6.07, 6.45) is 7.48. The Balaban J connectivity index is 4.57. The van der Waals surface area contributed by atoms with Gasteiger partial charge < -0.3 is 9.84 Å². The number of carbonyl (C=O) groups is 2. The summed E-state index contributed by atoms with van der Waals surface area (Å²) in [5.74, 6) is 0.205. The molecule has 0 heterocycles. The normalized spacial score (nSPS) is 15.7. The van der Waals surface area contributed by atoms with E-state index in [0.29, 0.717) is 18.8 Å². The van der Waals surface area contributed by atoms with Gasteiger partial charge in [0.2, 0.25) is 0 Å². The van der Waals surface area contributed by atoms with E-state index < -0.39 is 12.1 Å². The van der Waals surface area contributed by atoms with Crippen molar-refractivity contribution in [2.24, 2.45) is 11.8 Å². The highest BCUT2D eigenvalue weighted by atomic mass is 16.5. The smallest absolute Gasteiger partial charge is 0.308 e. The molecule has 0 aliphatic rings. The Morgan fingerprint density at radius 1 is 1.08 bits per heavy atom. The van der Waals surface area contributed by atoms with Gasteiger partial charge in [0, 0.05) is 6.42 Å². The largest absolute Gasteiger partial charge is 0.469 e. The molecule has 0 bridgehead atoms. The van der Waals surface area contributed by atoms with Crippen molar-refractivity contribution in [1.29, 1.82) is 0 Å². The third kappa shape index (κ3) is 9.86. The zero-order valence-electron chi connectivity index (χ0n) is 16.1. The highest BCUT2D eigenvalue weighted by Crippen LogP contribution is 2.22. The molecule has 0 saturated heterocycles. The second-order valence-corrected chi connectivity index (χ2v) is 6.80. The van der Waals surface area contributed by atoms with E-state index in [1.165, 1.54) is 13.5 Å². The maximum atomic E-state index is 12.2. The Kier molecular flexibility index (Phi) is 12.5. The molecular formula is C20H36O4. The molecule has 140 valence electrons. The summed E-state index contributed by atoms with van der Waals surface area (Å²) in [4.78, 5) is 23.5. The van der Waals surface area contributed by atoms with Crippen LogP contribution in [-0.4, -0.2) is 30.1 Å². The Hall–Kier alpha value is -1.16. The first kappa shape index (κ1) is 22.8. The second kappa shape index (κ2) is 13.2. The van der Waals surface area contributed by atoms with Crippen molar-refractivity contribution in [1.82, 2.24) is 0 Å². The molecule has 0 amide bonds. The van der Waals surface area contributed by atoms with E-state index in [4.69, 9.17) is 0 Å². The van der Waals surface area contributed by atoms with E-state index in [1.807, 2.05) is 13.8 Å². The Morgan fingerprint density at radius 3 is 2.25 bits per heavy atom. The van der Waals surface area contributed by atoms with Crippen LogP contribution in [0, 0.1) is 11.8 Å². The summed E-state index contributed by atoms with van der Waals surface area (Å²) >= 11 is 0. The molecule has 0 aromatic rings. The van der Waals surface area contributed by atoms with E-state index in [0.717, 1.165) is 31.3 Å². The van der Waals surface area contributed by atoms with E-state index in [-0.39, 0.29) is 18.1 Å². The minimum atomic E-state index is -0.728. The number of allylic oxidation sites excluding steroid dienone is 2. The first-order valence-corrected chi connectivity index (χ1v) is 9.32. The van der Waals surface area contributed by atoms with Gasteiger partial charge in [-0.3, -0.25) is 9.59 Å². The summed E-state index contributed by atoms with van der Waals surface area (Å²) in [6.45, 7) is 8.22. The van der Waals surface area contributed by atoms with Crippen LogP contribution in [0.1, 0.15) is 79.1 Å². The van der Waals surface area contributed by atoms with Gasteiger partial charge >= 0.3 is 5.97 Å². The molecular weight excluding hydrogens is 304 g/mol. The van der Waals surface area contributed by atoms with Crippen molar-refractivity contribution >= 4 is 11.8 Å². The van der Waals surface area contributed by atoms with Crippen LogP contribution in [0.2, 0.25) is 0 Å². The molecule has 4 heteroatoms. The number of aliphatic hydroxyl groups excluding tert-OH is 1. The molecule has 3 atom stereocenters. The molecule has 1 N–H and O–H groups in total. The van der Waals surface area contributed by atoms with Crippen LogP contribution < -0.4 is 0 Å². The Labute approximate surface area is 147 Å². The van der Waals surface area contributed by atoms with E-state index >= 15 is 0 Å². The van der Waals surface area contributed by atoms with E-state index in [9.17, 15) is 14.7 Å². The van der Waals surface area contributed by atoms with Crippen LogP contribution in [0.25, 0.3) is 0 Å². The van der Waals surface area contributed by atoms with Crippen LogP contribution in [-0.2, 0) is 14.3 Å². The Bertz CT molecular complexity index is 400. The topological polar surface area (TPSA) is 63.6 Å². The lowest BCUT2D eigenvalue weighted by Gasteiger charge is -2.21. The van der Waals surface area contributed by atoms with Gasteiger partial charge in [-0.25, -0.2) is 0 Å². The number of ketones is 1. The first-order valence-electron chi connectivity index (χ1n) is 9.32. The van der Waals surface area contributed by atoms with Gasteiger partial charge in [-0.1, -0.05) is 58.4 Å². The van der Waals surface area contributed by atoms with Crippen LogP contribution in [0.3, 0.4) is 0 Å². The molecule has 0 saturated carbocycles. The monoisotopic (exact) mass is 340 g/mol. The highest BCUT2D eigenvalue weighted by molar-refractivity contribution is 5.90. The lowest BCUT2D eigenvalue weighted by atomic mass is 9.89. The molecule has 0 aromatic heterocycles. The average molecular weight is 341 g/mol. The number of hydrogen-bond acceptors (Lipinski definition) is 4. The third-order valence-corrected chi connectivity index (χ3v) is 4.70. The molecule has 4 nitrogen and oxygen atoms in total. The standard InChI is InChI=1S/C20H36O4/c1-6-9-10-16(7-2)13-18(21)12-15(4)11-17(8-3)19(22)14-20(23)24-5/h12,16-17,19,22H,6-11,13-14H2,1-5H3/b15-12+/t16-,17-,19+/m0/s1. The van der Waals surface area contributed by atoms with Gasteiger partial charge in [0.15, 0.2) is 5.78 Å². The molecule has 0 unspecified atom stereocenters. The lowest BCUT2D eigenvalue weighted by molar-refractivity contribution is -0.143. The summed E-state index contributed by atoms with van der Waals surface area (Å²) in [6, 6.07) is 0. The summed E-state index contributed by atoms with van der Waals surface area (Å²) in [5, 5.41) is 10.2. The molecule has 0 radical (unpaired) electrons. The number of aliphatic hydroxyl groups is 1. The molecule has 0 aliphatic heterocycles. The average Bonchev–Trinajstić information content (AvgIpc) is 2.55. The number of esters is 1. The fraction of sp³-hybridized carbons (Fsp3) is 0.800. The van der Waals surface area contributed by atoms with Crippen molar-refractivity contribution in [3.63, 3.8) is 0 Å². The van der Waals surface area contributed by atoms with Gasteiger partial charge in [-0.2, -0.15) is 0 Å². The van der Waals surface area contributed by atoms with Crippen molar-refractivity contribution < 1.29 is 19.4 Å². The van der Waals surface area contributed by atoms with Crippen LogP contribution in [0.4, 0.5) is 0 Å². The number of methoxy groups -OCH3 is 1. The molecule has 24 heavy (non-hydrogen) atoms. The SMILES string of the molecule is CCCC[C@H](CC)CC(=O)/C=C(\C)C[C@H](CC)[C@H](O)CC(=O)OC.